The van der Waals surface area contributed by atoms with E-state index in [0.29, 0.717) is 45.1 Å². The van der Waals surface area contributed by atoms with Crippen LogP contribution < -0.4 is 9.64 Å². The molecule has 1 atom stereocenters. The van der Waals surface area contributed by atoms with Crippen molar-refractivity contribution in [2.45, 2.75) is 18.8 Å². The molecule has 0 aromatic heterocycles. The summed E-state index contributed by atoms with van der Waals surface area (Å²) < 4.78 is 49.7. The van der Waals surface area contributed by atoms with E-state index in [1.807, 2.05) is 23.1 Å². The Labute approximate surface area is 166 Å². The minimum atomic E-state index is -4.36. The van der Waals surface area contributed by atoms with Crippen LogP contribution in [0.15, 0.2) is 48.5 Å². The normalized spacial score (nSPS) is 19.5. The molecule has 1 saturated heterocycles. The second-order valence-corrected chi connectivity index (χ2v) is 7.09. The lowest BCUT2D eigenvalue weighted by Gasteiger charge is -2.38. The van der Waals surface area contributed by atoms with Gasteiger partial charge in [-0.1, -0.05) is 24.3 Å². The molecule has 0 saturated carbocycles. The molecule has 1 amide bonds. The van der Waals surface area contributed by atoms with Crippen molar-refractivity contribution in [3.8, 4) is 5.75 Å². The van der Waals surface area contributed by atoms with Gasteiger partial charge in [0.1, 0.15) is 5.75 Å². The van der Waals surface area contributed by atoms with Crippen LogP contribution in [-0.4, -0.2) is 49.8 Å². The van der Waals surface area contributed by atoms with Gasteiger partial charge in [0.25, 0.3) is 5.91 Å². The number of rotatable bonds is 3. The molecule has 0 radical (unpaired) electrons. The number of carbonyl (C=O) groups excluding carboxylic acids is 1. The smallest absolute Gasteiger partial charge is 0.416 e. The van der Waals surface area contributed by atoms with Gasteiger partial charge in [0.05, 0.1) is 31.0 Å². The fourth-order valence-corrected chi connectivity index (χ4v) is 3.59. The van der Waals surface area contributed by atoms with E-state index >= 15 is 0 Å². The fraction of sp³-hybridized carbons (Fsp3) is 0.381. The van der Waals surface area contributed by atoms with Gasteiger partial charge in [0, 0.05) is 19.6 Å². The van der Waals surface area contributed by atoms with Gasteiger partial charge in [-0.2, -0.15) is 13.2 Å². The summed E-state index contributed by atoms with van der Waals surface area (Å²) in [6.07, 6.45) is -5.03. The van der Waals surface area contributed by atoms with E-state index in [1.54, 1.807) is 11.0 Å². The molecule has 4 rings (SSSR count). The van der Waals surface area contributed by atoms with Gasteiger partial charge >= 0.3 is 6.18 Å². The number of nitrogens with zero attached hydrogens (tertiary/aromatic N) is 2. The predicted octanol–water partition coefficient (Wildman–Crippen LogP) is 3.33. The topological polar surface area (TPSA) is 42.0 Å². The maximum atomic E-state index is 12.9. The summed E-state index contributed by atoms with van der Waals surface area (Å²) >= 11 is 0. The van der Waals surface area contributed by atoms with Crippen molar-refractivity contribution in [3.05, 3.63) is 59.7 Å². The van der Waals surface area contributed by atoms with Crippen molar-refractivity contribution in [2.75, 3.05) is 37.7 Å². The van der Waals surface area contributed by atoms with Crippen LogP contribution in [0.1, 0.15) is 11.1 Å². The molecule has 0 unspecified atom stereocenters. The molecule has 0 N–H and O–H groups in total. The van der Waals surface area contributed by atoms with Gasteiger partial charge < -0.3 is 19.3 Å². The van der Waals surface area contributed by atoms with Crippen molar-refractivity contribution < 1.29 is 27.4 Å². The van der Waals surface area contributed by atoms with Crippen LogP contribution in [0.2, 0.25) is 0 Å². The van der Waals surface area contributed by atoms with E-state index in [2.05, 4.69) is 0 Å². The fourth-order valence-electron chi connectivity index (χ4n) is 3.59. The summed E-state index contributed by atoms with van der Waals surface area (Å²) in [5, 5.41) is 0. The Balaban J connectivity index is 1.54. The third-order valence-electron chi connectivity index (χ3n) is 5.11. The molecular weight excluding hydrogens is 385 g/mol. The molecule has 0 spiro atoms. The highest BCUT2D eigenvalue weighted by molar-refractivity contribution is 5.83. The Kier molecular flexibility index (Phi) is 5.36. The molecule has 2 aliphatic rings. The molecule has 2 aromatic rings. The van der Waals surface area contributed by atoms with Crippen molar-refractivity contribution in [3.63, 3.8) is 0 Å². The number of anilines is 1. The van der Waals surface area contributed by atoms with Crippen LogP contribution in [-0.2, 0) is 22.3 Å². The van der Waals surface area contributed by atoms with E-state index in [0.717, 1.165) is 23.4 Å². The Morgan fingerprint density at radius 1 is 1.03 bits per heavy atom. The predicted molar refractivity (Wildman–Crippen MR) is 101 cm³/mol. The van der Waals surface area contributed by atoms with Crippen molar-refractivity contribution >= 4 is 11.6 Å². The number of fused-ring (bicyclic) bond motifs is 1. The van der Waals surface area contributed by atoms with E-state index in [-0.39, 0.29) is 5.91 Å². The average molecular weight is 406 g/mol. The molecule has 154 valence electrons. The monoisotopic (exact) mass is 406 g/mol. The number of hydrogen-bond acceptors (Lipinski definition) is 4. The maximum absolute atomic E-state index is 12.9. The van der Waals surface area contributed by atoms with Crippen LogP contribution >= 0.6 is 0 Å². The summed E-state index contributed by atoms with van der Waals surface area (Å²) in [6.45, 7) is 2.77. The number of para-hydroxylation sites is 2. The zero-order valence-electron chi connectivity index (χ0n) is 15.7. The number of halogens is 3. The molecule has 2 aromatic carbocycles. The Bertz CT molecular complexity index is 864. The van der Waals surface area contributed by atoms with Gasteiger partial charge in [-0.3, -0.25) is 4.79 Å². The zero-order valence-corrected chi connectivity index (χ0v) is 15.7. The summed E-state index contributed by atoms with van der Waals surface area (Å²) in [5.74, 6) is 0.498. The zero-order chi connectivity index (χ0) is 20.4. The summed E-state index contributed by atoms with van der Waals surface area (Å²) in [6, 6.07) is 12.5. The van der Waals surface area contributed by atoms with Crippen LogP contribution in [0.25, 0.3) is 0 Å². The van der Waals surface area contributed by atoms with Crippen molar-refractivity contribution in [1.82, 2.24) is 4.90 Å². The first-order chi connectivity index (χ1) is 13.9. The average Bonchev–Trinajstić information content (AvgIpc) is 2.73. The quantitative estimate of drug-likeness (QED) is 0.784. The molecule has 29 heavy (non-hydrogen) atoms. The Morgan fingerprint density at radius 3 is 2.41 bits per heavy atom. The number of benzene rings is 2. The summed E-state index contributed by atoms with van der Waals surface area (Å²) in [4.78, 5) is 16.6. The second kappa shape index (κ2) is 7.94. The SMILES string of the molecule is O=C([C@H]1CN(Cc2ccc(C(F)(F)F)cc2)c2ccccc2O1)N1CCOCC1. The number of carbonyl (C=O) groups is 1. The second-order valence-electron chi connectivity index (χ2n) is 7.09. The number of morpholine rings is 1. The first kappa shape index (κ1) is 19.6. The van der Waals surface area contributed by atoms with Gasteiger partial charge in [-0.15, -0.1) is 0 Å². The lowest BCUT2D eigenvalue weighted by Crippen LogP contribution is -2.52. The number of ether oxygens (including phenoxy) is 2. The molecule has 2 aliphatic heterocycles. The number of amides is 1. The Morgan fingerprint density at radius 2 is 1.72 bits per heavy atom. The third-order valence-corrected chi connectivity index (χ3v) is 5.11. The molecule has 2 heterocycles. The first-order valence-electron chi connectivity index (χ1n) is 9.45. The van der Waals surface area contributed by atoms with Gasteiger partial charge in [-0.25, -0.2) is 0 Å². The van der Waals surface area contributed by atoms with Crippen molar-refractivity contribution in [2.24, 2.45) is 0 Å². The van der Waals surface area contributed by atoms with Gasteiger partial charge in [-0.05, 0) is 29.8 Å². The molecule has 0 aliphatic carbocycles. The molecule has 1 fully saturated rings. The summed E-state index contributed by atoms with van der Waals surface area (Å²) in [5.41, 5.74) is 0.870. The third kappa shape index (κ3) is 4.32. The van der Waals surface area contributed by atoms with Crippen LogP contribution in [0.4, 0.5) is 18.9 Å². The largest absolute Gasteiger partial charge is 0.477 e. The number of hydrogen-bond donors (Lipinski definition) is 0. The lowest BCUT2D eigenvalue weighted by atomic mass is 10.1. The Hall–Kier alpha value is -2.74. The van der Waals surface area contributed by atoms with E-state index in [4.69, 9.17) is 9.47 Å². The minimum absolute atomic E-state index is 0.0970. The van der Waals surface area contributed by atoms with Crippen molar-refractivity contribution in [1.29, 1.82) is 0 Å². The highest BCUT2D eigenvalue weighted by Gasteiger charge is 2.34. The highest BCUT2D eigenvalue weighted by atomic mass is 19.4. The van der Waals surface area contributed by atoms with Crippen LogP contribution in [0, 0.1) is 0 Å². The van der Waals surface area contributed by atoms with Crippen LogP contribution in [0.3, 0.4) is 0 Å². The molecule has 5 nitrogen and oxygen atoms in total. The van der Waals surface area contributed by atoms with E-state index < -0.39 is 17.8 Å². The maximum Gasteiger partial charge on any atom is 0.416 e. The first-order valence-corrected chi connectivity index (χ1v) is 9.45. The molecular formula is C21H21F3N2O3. The van der Waals surface area contributed by atoms with E-state index in [1.165, 1.54) is 12.1 Å². The standard InChI is InChI=1S/C21H21F3N2O3/c22-21(23,24)16-7-5-15(6-8-16)13-26-14-19(20(27)25-9-11-28-12-10-25)29-18-4-2-1-3-17(18)26/h1-8,19H,9-14H2/t19-/m1/s1. The van der Waals surface area contributed by atoms with Crippen LogP contribution in [0.5, 0.6) is 5.75 Å². The van der Waals surface area contributed by atoms with Gasteiger partial charge in [0.15, 0.2) is 6.10 Å². The molecule has 0 bridgehead atoms. The summed E-state index contributed by atoms with van der Waals surface area (Å²) in [7, 11) is 0. The minimum Gasteiger partial charge on any atom is -0.477 e. The number of alkyl halides is 3. The highest BCUT2D eigenvalue weighted by Crippen LogP contribution is 2.35. The molecule has 8 heteroatoms. The van der Waals surface area contributed by atoms with Gasteiger partial charge in [0.2, 0.25) is 0 Å². The van der Waals surface area contributed by atoms with E-state index in [9.17, 15) is 18.0 Å². The lowest BCUT2D eigenvalue weighted by molar-refractivity contribution is -0.142.